The van der Waals surface area contributed by atoms with E-state index in [1.165, 1.54) is 41.0 Å². The molecular weight excluding hydrogens is 1210 g/mol. The minimum atomic E-state index is -1.52. The summed E-state index contributed by atoms with van der Waals surface area (Å²) < 4.78 is 94.5. The van der Waals surface area contributed by atoms with Crippen molar-refractivity contribution in [1.29, 1.82) is 0 Å². The number of carboxylic acid groups (broad SMARTS) is 1. The lowest BCUT2D eigenvalue weighted by molar-refractivity contribution is -0.143. The molecule has 91 heavy (non-hydrogen) atoms. The number of aromatic nitrogens is 8. The number of hydrogen-bond donors (Lipinski definition) is 3. The van der Waals surface area contributed by atoms with Crippen LogP contribution in [0.3, 0.4) is 0 Å². The van der Waals surface area contributed by atoms with E-state index in [0.717, 1.165) is 24.3 Å². The minimum absolute atomic E-state index is 0.0139. The van der Waals surface area contributed by atoms with Crippen molar-refractivity contribution in [3.8, 4) is 11.3 Å². The molecule has 9 heterocycles. The zero-order valence-electron chi connectivity index (χ0n) is 51.1. The van der Waals surface area contributed by atoms with Crippen LogP contribution in [0.2, 0.25) is 5.15 Å². The van der Waals surface area contributed by atoms with E-state index < -0.39 is 88.6 Å². The predicted octanol–water partition coefficient (Wildman–Crippen LogP) is 5.11. The summed E-state index contributed by atoms with van der Waals surface area (Å²) in [6.45, 7) is 14.1. The van der Waals surface area contributed by atoms with Gasteiger partial charge in [0, 0.05) is 135 Å². The van der Waals surface area contributed by atoms with Gasteiger partial charge in [0.2, 0.25) is 0 Å². The molecule has 3 saturated heterocycles. The van der Waals surface area contributed by atoms with Gasteiger partial charge in [-0.2, -0.15) is 0 Å². The number of ether oxygens (including phenoxy) is 3. The summed E-state index contributed by atoms with van der Waals surface area (Å²) in [5, 5.41) is 14.5. The highest BCUT2D eigenvalue weighted by molar-refractivity contribution is 6.64. The molecule has 0 spiro atoms. The Labute approximate surface area is 523 Å². The van der Waals surface area contributed by atoms with E-state index in [1.807, 2.05) is 46.4 Å². The van der Waals surface area contributed by atoms with Crippen LogP contribution in [0.25, 0.3) is 22.6 Å². The molecule has 6 aromatic heterocycles. The number of hydrogen-bond acceptors (Lipinski definition) is 17. The summed E-state index contributed by atoms with van der Waals surface area (Å²) in [7, 11) is 3.72. The summed E-state index contributed by atoms with van der Waals surface area (Å²) in [6.07, 6.45) is 12.1. The molecule has 3 aliphatic heterocycles. The fraction of sp³-hybridized carbons (Fsp3) is 0.377. The molecule has 0 aliphatic carbocycles. The van der Waals surface area contributed by atoms with E-state index in [9.17, 15) is 33.9 Å². The highest BCUT2D eigenvalue weighted by Gasteiger charge is 2.52. The van der Waals surface area contributed by atoms with Gasteiger partial charge in [-0.25, -0.2) is 47.1 Å². The summed E-state index contributed by atoms with van der Waals surface area (Å²) in [6, 6.07) is 8.12. The second-order valence-corrected chi connectivity index (χ2v) is 23.2. The van der Waals surface area contributed by atoms with Crippen molar-refractivity contribution >= 4 is 70.6 Å². The lowest BCUT2D eigenvalue weighted by Gasteiger charge is -2.35. The molecule has 24 nitrogen and oxygen atoms in total. The van der Waals surface area contributed by atoms with Crippen molar-refractivity contribution in [2.75, 3.05) is 56.4 Å². The van der Waals surface area contributed by atoms with Gasteiger partial charge < -0.3 is 67.0 Å². The van der Waals surface area contributed by atoms with Crippen molar-refractivity contribution in [2.45, 2.75) is 89.8 Å². The van der Waals surface area contributed by atoms with Crippen LogP contribution in [0.15, 0.2) is 108 Å². The van der Waals surface area contributed by atoms with E-state index in [2.05, 4.69) is 30.6 Å². The third-order valence-corrected chi connectivity index (χ3v) is 16.4. The molecule has 0 unspecified atom stereocenters. The van der Waals surface area contributed by atoms with Crippen LogP contribution < -0.4 is 37.0 Å². The molecule has 0 bridgehead atoms. The third-order valence-electron chi connectivity index (χ3n) is 16.2. The van der Waals surface area contributed by atoms with Crippen molar-refractivity contribution in [2.24, 2.45) is 14.1 Å². The molecule has 3 aliphatic rings. The van der Waals surface area contributed by atoms with Gasteiger partial charge in [0.15, 0.2) is 5.15 Å². The molecule has 3 N–H and O–H groups in total. The summed E-state index contributed by atoms with van der Waals surface area (Å²) >= 11 is 5.37. The average molecular weight is 1280 g/mol. The molecular formula is C61H66BClF4N12O12. The highest BCUT2D eigenvalue weighted by Crippen LogP contribution is 2.37. The maximum absolute atomic E-state index is 15.2. The topological polar surface area (TPSA) is 270 Å². The third kappa shape index (κ3) is 14.3. The smallest absolute Gasteiger partial charge is 0.480 e. The molecule has 11 rings (SSSR count). The Hall–Kier alpha value is -9.03. The lowest BCUT2D eigenvalue weighted by atomic mass is 9.79. The number of nitrogens with zero attached hydrogens (tertiary/aromatic N) is 10. The summed E-state index contributed by atoms with van der Waals surface area (Å²) in [5.41, 5.74) is 0.433. The summed E-state index contributed by atoms with van der Waals surface area (Å²) in [4.78, 5) is 94.3. The minimum Gasteiger partial charge on any atom is -0.480 e. The fourth-order valence-electron chi connectivity index (χ4n) is 10.5. The molecule has 0 radical (unpaired) electrons. The Morgan fingerprint density at radius 2 is 1.12 bits per heavy atom. The van der Waals surface area contributed by atoms with E-state index in [4.69, 9.17) is 35.1 Å². The quantitative estimate of drug-likeness (QED) is 0.0725. The largest absolute Gasteiger partial charge is 0.498 e. The standard InChI is InChI=1S/C29H35BF2N4O6.C27H26F2N6O5.C5H5ClN2O/c1-17-16-40-12-11-35(17)19-13-21(31)24(22(32)14-19)26(37)34-23(27(38)39-6)15-18-7-8-20(25-33-9-10-36(18)25)30-41-28(2,3)29(4,5)42-30;1-15-14-40-10-9-34(15)17-11-19(28)22(20(29)12-17)25(36)32-21(27(38)39)13-16-3-4-18(24-31-6-8-35(16)24)23-26(37)33(2)7-5-30-23;1-8-3-2-7-4(6)5(8)9/h7-10,13-14,17,23H,11-12,15-16H2,1-6H3,(H,34,37);3-8,11-12,15,21H,9-10,13-14H2,1-2H3,(H,32,36)(H,38,39);2-3H,1H3/t17-,23-;15-,21-;/m00./s1. The van der Waals surface area contributed by atoms with Gasteiger partial charge in [0.25, 0.3) is 22.9 Å². The molecule has 30 heteroatoms. The average Bonchev–Trinajstić information content (AvgIpc) is 2.03. The fourth-order valence-corrected chi connectivity index (χ4v) is 10.7. The van der Waals surface area contributed by atoms with Gasteiger partial charge in [-0.3, -0.25) is 19.2 Å². The second-order valence-electron chi connectivity index (χ2n) is 22.8. The molecule has 4 atom stereocenters. The van der Waals surface area contributed by atoms with E-state index in [-0.39, 0.29) is 52.6 Å². The van der Waals surface area contributed by atoms with Crippen LogP contribution in [0, 0.1) is 23.3 Å². The van der Waals surface area contributed by atoms with Gasteiger partial charge in [0.1, 0.15) is 63.5 Å². The van der Waals surface area contributed by atoms with Crippen LogP contribution in [0.1, 0.15) is 73.6 Å². The first-order valence-electron chi connectivity index (χ1n) is 28.7. The number of esters is 1. The Balaban J connectivity index is 0.000000189. The van der Waals surface area contributed by atoms with E-state index in [1.54, 1.807) is 76.8 Å². The number of rotatable bonds is 14. The van der Waals surface area contributed by atoms with Crippen molar-refractivity contribution in [3.63, 3.8) is 0 Å². The number of morpholine rings is 2. The number of halogens is 5. The second kappa shape index (κ2) is 27.6. The molecule has 3 fully saturated rings. The number of fused-ring (bicyclic) bond motifs is 2. The number of nitrogens with one attached hydrogen (secondary N) is 2. The highest BCUT2D eigenvalue weighted by atomic mass is 35.5. The van der Waals surface area contributed by atoms with Crippen molar-refractivity contribution < 1.29 is 65.4 Å². The number of anilines is 2. The zero-order chi connectivity index (χ0) is 65.8. The number of aryl methyl sites for hydroxylation is 2. The van der Waals surface area contributed by atoms with Crippen LogP contribution in [0.5, 0.6) is 0 Å². The van der Waals surface area contributed by atoms with Crippen molar-refractivity contribution in [1.82, 2.24) is 48.5 Å². The Morgan fingerprint density at radius 3 is 1.60 bits per heavy atom. The Bertz CT molecular complexity index is 4100. The maximum atomic E-state index is 15.2. The predicted molar refractivity (Wildman–Crippen MR) is 327 cm³/mol. The van der Waals surface area contributed by atoms with Crippen LogP contribution in [0.4, 0.5) is 28.9 Å². The number of methoxy groups -OCH3 is 1. The first-order chi connectivity index (χ1) is 43.2. The first kappa shape index (κ1) is 66.4. The zero-order valence-corrected chi connectivity index (χ0v) is 51.8. The van der Waals surface area contributed by atoms with Crippen LogP contribution >= 0.6 is 11.6 Å². The molecule has 2 aromatic carbocycles. The summed E-state index contributed by atoms with van der Waals surface area (Å²) in [5.74, 6) is -8.71. The van der Waals surface area contributed by atoms with Gasteiger partial charge in [0.05, 0.1) is 44.7 Å². The number of carbonyl (C=O) groups is 4. The number of carbonyl (C=O) groups excluding carboxylic acids is 3. The SMILES string of the molecule is COC(=O)[C@H](Cc1ccc(B2OC(C)(C)C(C)(C)O2)c2nccn12)NC(=O)c1c(F)cc(N2CCOC[C@@H]2C)cc1F.C[C@H]1COCCN1c1cc(F)c(C(=O)N[C@@H](Cc2ccc(-c3nccn(C)c3=O)c3nccn23)C(=O)O)c(F)c1.Cn1ccnc(Cl)c1=O. The number of carboxylic acids is 1. The lowest BCUT2D eigenvalue weighted by Crippen LogP contribution is -2.45. The number of pyridine rings is 2. The van der Waals surface area contributed by atoms with Crippen molar-refractivity contribution in [3.05, 3.63) is 170 Å². The maximum Gasteiger partial charge on any atom is 0.498 e. The Morgan fingerprint density at radius 1 is 0.670 bits per heavy atom. The van der Waals surface area contributed by atoms with Crippen LogP contribution in [-0.4, -0.2) is 156 Å². The number of aliphatic carboxylic acids is 1. The van der Waals surface area contributed by atoms with E-state index >= 15 is 17.6 Å². The molecule has 2 amide bonds. The van der Waals surface area contributed by atoms with Gasteiger partial charge in [-0.15, -0.1) is 0 Å². The van der Waals surface area contributed by atoms with Crippen LogP contribution in [-0.2, 0) is 60.0 Å². The van der Waals surface area contributed by atoms with E-state index in [0.29, 0.717) is 78.9 Å². The normalized spacial score (nSPS) is 17.5. The first-order valence-corrected chi connectivity index (χ1v) is 29.1. The number of benzene rings is 2. The van der Waals surface area contributed by atoms with Gasteiger partial charge >= 0.3 is 19.1 Å². The Kier molecular flexibility index (Phi) is 20.1. The molecule has 0 saturated carbocycles. The monoisotopic (exact) mass is 1280 g/mol. The number of imidazole rings is 2. The van der Waals surface area contributed by atoms with Gasteiger partial charge in [-0.1, -0.05) is 17.7 Å². The number of amides is 2. The molecule has 480 valence electrons. The molecule has 8 aromatic rings. The van der Waals surface area contributed by atoms with Gasteiger partial charge in [-0.05, 0) is 84.0 Å².